The topological polar surface area (TPSA) is 66.5 Å². The van der Waals surface area contributed by atoms with E-state index in [-0.39, 0.29) is 19.1 Å². The summed E-state index contributed by atoms with van der Waals surface area (Å²) in [6.07, 6.45) is 1.83. The number of rotatable bonds is 3. The first-order valence-electron chi connectivity index (χ1n) is 5.17. The fourth-order valence-corrected chi connectivity index (χ4v) is 1.80. The van der Waals surface area contributed by atoms with Crippen LogP contribution >= 0.6 is 0 Å². The van der Waals surface area contributed by atoms with Gasteiger partial charge in [-0.2, -0.15) is 0 Å². The highest BCUT2D eigenvalue weighted by Gasteiger charge is 2.31. The summed E-state index contributed by atoms with van der Waals surface area (Å²) in [6.45, 7) is 3.73. The number of carbonyl (C=O) groups is 3. The van der Waals surface area contributed by atoms with E-state index in [1.165, 1.54) is 6.92 Å². The van der Waals surface area contributed by atoms with E-state index in [1.54, 1.807) is 4.90 Å². The normalized spacial score (nSPS) is 17.7. The Morgan fingerprint density at radius 1 is 1.60 bits per heavy atom. The Hall–Kier alpha value is -1.39. The molecule has 0 aromatic rings. The first kappa shape index (κ1) is 11.7. The minimum atomic E-state index is -0.496. The van der Waals surface area contributed by atoms with E-state index in [0.29, 0.717) is 19.4 Å². The zero-order valence-corrected chi connectivity index (χ0v) is 9.08. The molecule has 1 heterocycles. The standard InChI is InChI=1S/C10H16N2O3.H2/c1-3-8(10(15)11-7(2)13)12-6-4-5-9(12)14;/h8H,3-6H2,1-2H3,(H,11,13,15);1H/t8-;/m0./s1. The number of imide groups is 1. The van der Waals surface area contributed by atoms with E-state index in [0.717, 1.165) is 6.42 Å². The van der Waals surface area contributed by atoms with Gasteiger partial charge >= 0.3 is 0 Å². The maximum absolute atomic E-state index is 11.6. The molecule has 86 valence electrons. The minimum absolute atomic E-state index is 0. The van der Waals surface area contributed by atoms with Crippen molar-refractivity contribution in [2.24, 2.45) is 0 Å². The van der Waals surface area contributed by atoms with Crippen LogP contribution in [0, 0.1) is 0 Å². The number of carbonyl (C=O) groups excluding carboxylic acids is 3. The van der Waals surface area contributed by atoms with Crippen LogP contribution in [0.1, 0.15) is 34.5 Å². The van der Waals surface area contributed by atoms with Crippen LogP contribution in [0.4, 0.5) is 0 Å². The average molecular weight is 214 g/mol. The molecule has 0 bridgehead atoms. The lowest BCUT2D eigenvalue weighted by Gasteiger charge is -2.25. The Labute approximate surface area is 90.3 Å². The molecule has 3 amide bonds. The number of hydrogen-bond donors (Lipinski definition) is 1. The van der Waals surface area contributed by atoms with Crippen LogP contribution in [0.5, 0.6) is 0 Å². The van der Waals surface area contributed by atoms with Crippen LogP contribution in [0.3, 0.4) is 0 Å². The summed E-state index contributed by atoms with van der Waals surface area (Å²) in [5, 5.41) is 2.22. The molecule has 1 aliphatic heterocycles. The highest BCUT2D eigenvalue weighted by atomic mass is 16.2. The van der Waals surface area contributed by atoms with Crippen molar-refractivity contribution < 1.29 is 15.8 Å². The van der Waals surface area contributed by atoms with Crippen molar-refractivity contribution in [2.75, 3.05) is 6.54 Å². The van der Waals surface area contributed by atoms with Crippen molar-refractivity contribution in [3.05, 3.63) is 0 Å². The van der Waals surface area contributed by atoms with Gasteiger partial charge in [-0.05, 0) is 12.8 Å². The molecule has 1 N–H and O–H groups in total. The second-order valence-electron chi connectivity index (χ2n) is 3.66. The number of hydrogen-bond acceptors (Lipinski definition) is 3. The molecular weight excluding hydrogens is 196 g/mol. The third kappa shape index (κ3) is 2.78. The van der Waals surface area contributed by atoms with E-state index in [2.05, 4.69) is 5.32 Å². The molecule has 0 radical (unpaired) electrons. The molecule has 0 aromatic heterocycles. The third-order valence-electron chi connectivity index (χ3n) is 2.47. The highest BCUT2D eigenvalue weighted by Crippen LogP contribution is 2.15. The Morgan fingerprint density at radius 2 is 2.27 bits per heavy atom. The van der Waals surface area contributed by atoms with Crippen molar-refractivity contribution >= 4 is 17.7 Å². The van der Waals surface area contributed by atoms with Crippen molar-refractivity contribution in [3.63, 3.8) is 0 Å². The van der Waals surface area contributed by atoms with E-state index in [9.17, 15) is 14.4 Å². The van der Waals surface area contributed by atoms with Gasteiger partial charge in [0.05, 0.1) is 0 Å². The molecule has 1 atom stereocenters. The third-order valence-corrected chi connectivity index (χ3v) is 2.47. The molecule has 0 unspecified atom stereocenters. The molecular formula is C10H18N2O3. The van der Waals surface area contributed by atoms with Crippen LogP contribution in [0.2, 0.25) is 0 Å². The number of likely N-dealkylation sites (tertiary alicyclic amines) is 1. The average Bonchev–Trinajstić information content (AvgIpc) is 2.52. The Morgan fingerprint density at radius 3 is 2.67 bits per heavy atom. The lowest BCUT2D eigenvalue weighted by atomic mass is 10.2. The lowest BCUT2D eigenvalue weighted by Crippen LogP contribution is -2.48. The molecule has 0 aromatic carbocycles. The number of amides is 3. The van der Waals surface area contributed by atoms with Gasteiger partial charge in [0.2, 0.25) is 17.7 Å². The van der Waals surface area contributed by atoms with E-state index in [4.69, 9.17) is 0 Å². The fraction of sp³-hybridized carbons (Fsp3) is 0.700. The second-order valence-corrected chi connectivity index (χ2v) is 3.66. The predicted molar refractivity (Wildman–Crippen MR) is 56.0 cm³/mol. The predicted octanol–water partition coefficient (Wildman–Crippen LogP) is 0.296. The quantitative estimate of drug-likeness (QED) is 0.734. The van der Waals surface area contributed by atoms with Crippen molar-refractivity contribution in [3.8, 4) is 0 Å². The van der Waals surface area contributed by atoms with E-state index < -0.39 is 6.04 Å². The van der Waals surface area contributed by atoms with Crippen LogP contribution in [-0.4, -0.2) is 35.2 Å². The second kappa shape index (κ2) is 4.91. The van der Waals surface area contributed by atoms with Gasteiger partial charge in [-0.1, -0.05) is 6.92 Å². The molecule has 0 aliphatic carbocycles. The van der Waals surface area contributed by atoms with Crippen molar-refractivity contribution in [2.45, 2.75) is 39.2 Å². The number of nitrogens with zero attached hydrogens (tertiary/aromatic N) is 1. The van der Waals surface area contributed by atoms with Gasteiger partial charge in [0.1, 0.15) is 6.04 Å². The van der Waals surface area contributed by atoms with Gasteiger partial charge in [-0.25, -0.2) is 0 Å². The SMILES string of the molecule is CC[C@@H](C(=O)NC(C)=O)N1CCCC1=O.[HH]. The van der Waals surface area contributed by atoms with E-state index >= 15 is 0 Å². The highest BCUT2D eigenvalue weighted by molar-refractivity contribution is 5.98. The summed E-state index contributed by atoms with van der Waals surface area (Å²) >= 11 is 0. The summed E-state index contributed by atoms with van der Waals surface area (Å²) in [6, 6.07) is -0.496. The smallest absolute Gasteiger partial charge is 0.249 e. The van der Waals surface area contributed by atoms with Crippen LogP contribution in [0.15, 0.2) is 0 Å². The van der Waals surface area contributed by atoms with Crippen molar-refractivity contribution in [1.82, 2.24) is 10.2 Å². The molecule has 0 saturated carbocycles. The van der Waals surface area contributed by atoms with Crippen LogP contribution < -0.4 is 5.32 Å². The van der Waals surface area contributed by atoms with Gasteiger partial charge in [-0.15, -0.1) is 0 Å². The molecule has 5 nitrogen and oxygen atoms in total. The molecule has 1 fully saturated rings. The first-order chi connectivity index (χ1) is 7.06. The molecule has 1 rings (SSSR count). The molecule has 0 spiro atoms. The molecule has 5 heteroatoms. The lowest BCUT2D eigenvalue weighted by molar-refractivity contribution is -0.140. The zero-order valence-electron chi connectivity index (χ0n) is 9.08. The Balaban J connectivity index is 0.00000225. The summed E-state index contributed by atoms with van der Waals surface area (Å²) < 4.78 is 0. The summed E-state index contributed by atoms with van der Waals surface area (Å²) in [4.78, 5) is 35.3. The van der Waals surface area contributed by atoms with Crippen LogP contribution in [0.25, 0.3) is 0 Å². The Bertz CT molecular complexity index is 294. The van der Waals surface area contributed by atoms with Crippen LogP contribution in [-0.2, 0) is 14.4 Å². The Kier molecular flexibility index (Phi) is 3.82. The largest absolute Gasteiger partial charge is 0.331 e. The summed E-state index contributed by atoms with van der Waals surface area (Å²) in [5.41, 5.74) is 0. The maximum atomic E-state index is 11.6. The zero-order chi connectivity index (χ0) is 11.4. The van der Waals surface area contributed by atoms with Gasteiger partial charge < -0.3 is 4.90 Å². The summed E-state index contributed by atoms with van der Waals surface area (Å²) in [7, 11) is 0. The van der Waals surface area contributed by atoms with Gasteiger partial charge in [-0.3, -0.25) is 19.7 Å². The van der Waals surface area contributed by atoms with E-state index in [1.807, 2.05) is 6.92 Å². The maximum Gasteiger partial charge on any atom is 0.249 e. The molecule has 1 saturated heterocycles. The number of nitrogens with one attached hydrogen (secondary N) is 1. The van der Waals surface area contributed by atoms with Gasteiger partial charge in [0.25, 0.3) is 0 Å². The van der Waals surface area contributed by atoms with Gasteiger partial charge in [0.15, 0.2) is 0 Å². The minimum Gasteiger partial charge on any atom is -0.331 e. The molecule has 15 heavy (non-hydrogen) atoms. The fourth-order valence-electron chi connectivity index (χ4n) is 1.80. The summed E-state index contributed by atoms with van der Waals surface area (Å²) in [5.74, 6) is -0.758. The molecule has 1 aliphatic rings. The monoisotopic (exact) mass is 214 g/mol. The van der Waals surface area contributed by atoms with Gasteiger partial charge in [0, 0.05) is 21.3 Å². The van der Waals surface area contributed by atoms with Crippen molar-refractivity contribution in [1.29, 1.82) is 0 Å². The first-order valence-corrected chi connectivity index (χ1v) is 5.17.